The molecule has 1 spiro atoms. The van der Waals surface area contributed by atoms with Crippen molar-refractivity contribution in [2.75, 3.05) is 0 Å². The molecule has 4 bridgehead atoms. The molecule has 6 aliphatic rings. The van der Waals surface area contributed by atoms with Crippen molar-refractivity contribution in [1.29, 1.82) is 0 Å². The van der Waals surface area contributed by atoms with Gasteiger partial charge < -0.3 is 5.11 Å². The molecule has 6 aliphatic carbocycles. The third-order valence-corrected chi connectivity index (χ3v) is 9.90. The van der Waals surface area contributed by atoms with Gasteiger partial charge in [-0.3, -0.25) is 0 Å². The Kier molecular flexibility index (Phi) is 2.17. The van der Waals surface area contributed by atoms with Crippen molar-refractivity contribution in [2.45, 2.75) is 78.7 Å². The summed E-state index contributed by atoms with van der Waals surface area (Å²) in [5.74, 6) is 3.87. The van der Waals surface area contributed by atoms with Gasteiger partial charge in [-0.05, 0) is 90.3 Å². The van der Waals surface area contributed by atoms with Gasteiger partial charge in [0, 0.05) is 0 Å². The first kappa shape index (κ1) is 13.4. The molecule has 0 aromatic rings. The fraction of sp³-hybridized carbons (Fsp3) is 1.00. The fourth-order valence-corrected chi connectivity index (χ4v) is 8.83. The van der Waals surface area contributed by atoms with Crippen molar-refractivity contribution < 1.29 is 5.11 Å². The second-order valence-corrected chi connectivity index (χ2v) is 10.7. The van der Waals surface area contributed by atoms with Gasteiger partial charge in [0.1, 0.15) is 0 Å². The number of hydrogen-bond acceptors (Lipinski definition) is 1. The fourth-order valence-electron chi connectivity index (χ4n) is 8.83. The van der Waals surface area contributed by atoms with Crippen LogP contribution in [0.4, 0.5) is 0 Å². The number of fused-ring (bicyclic) bond motifs is 1. The van der Waals surface area contributed by atoms with Crippen molar-refractivity contribution >= 4 is 0 Å². The number of aliphatic hydroxyl groups is 1. The minimum Gasteiger partial charge on any atom is -0.393 e. The Balaban J connectivity index is 1.56. The van der Waals surface area contributed by atoms with Gasteiger partial charge in [0.2, 0.25) is 0 Å². The summed E-state index contributed by atoms with van der Waals surface area (Å²) >= 11 is 0. The SMILES string of the molecule is CC1(C)C2CC[C@]34CC5C(CC3[C@]2(C)CC[C@H]1O)[C@]5(C)C4. The molecule has 0 saturated heterocycles. The van der Waals surface area contributed by atoms with E-state index in [4.69, 9.17) is 0 Å². The lowest BCUT2D eigenvalue weighted by molar-refractivity contribution is -0.190. The molecule has 0 heterocycles. The third kappa shape index (κ3) is 1.28. The normalized spacial score (nSPS) is 66.4. The van der Waals surface area contributed by atoms with Crippen LogP contribution in [0, 0.1) is 45.3 Å². The largest absolute Gasteiger partial charge is 0.393 e. The summed E-state index contributed by atoms with van der Waals surface area (Å²) in [4.78, 5) is 0. The van der Waals surface area contributed by atoms with E-state index in [1.807, 2.05) is 0 Å². The van der Waals surface area contributed by atoms with Gasteiger partial charge in [-0.1, -0.05) is 27.7 Å². The van der Waals surface area contributed by atoms with Gasteiger partial charge in [-0.2, -0.15) is 0 Å². The average Bonchev–Trinajstić information content (AvgIpc) is 2.86. The number of rotatable bonds is 0. The Labute approximate surface area is 129 Å². The zero-order valence-electron chi connectivity index (χ0n) is 14.3. The maximum atomic E-state index is 10.6. The molecule has 6 fully saturated rings. The molecule has 8 atom stereocenters. The van der Waals surface area contributed by atoms with Crippen molar-refractivity contribution in [3.63, 3.8) is 0 Å². The van der Waals surface area contributed by atoms with E-state index in [1.54, 1.807) is 12.8 Å². The number of aliphatic hydroxyl groups excluding tert-OH is 1. The standard InChI is InChI=1S/C20H32O/c1-17(2)14-5-8-20-10-13-12(19(13,4)11-20)9-15(20)18(14,3)7-6-16(17)21/h12-16,21H,5-11H2,1-4H3/t12?,13?,14?,15?,16-,18-,19+,20-/m1/s1. The van der Waals surface area contributed by atoms with Gasteiger partial charge in [0.05, 0.1) is 6.10 Å². The predicted molar refractivity (Wildman–Crippen MR) is 84.7 cm³/mol. The van der Waals surface area contributed by atoms with Crippen molar-refractivity contribution in [3.05, 3.63) is 0 Å². The molecule has 0 aliphatic heterocycles. The smallest absolute Gasteiger partial charge is 0.0594 e. The predicted octanol–water partition coefficient (Wildman–Crippen LogP) is 4.64. The van der Waals surface area contributed by atoms with Gasteiger partial charge in [-0.25, -0.2) is 0 Å². The first-order valence-electron chi connectivity index (χ1n) is 9.42. The van der Waals surface area contributed by atoms with Gasteiger partial charge in [0.15, 0.2) is 0 Å². The van der Waals surface area contributed by atoms with Crippen LogP contribution in [0.15, 0.2) is 0 Å². The van der Waals surface area contributed by atoms with Gasteiger partial charge in [0.25, 0.3) is 0 Å². The molecule has 0 aromatic carbocycles. The van der Waals surface area contributed by atoms with Crippen LogP contribution in [0.1, 0.15) is 72.6 Å². The van der Waals surface area contributed by atoms with E-state index in [2.05, 4.69) is 27.7 Å². The van der Waals surface area contributed by atoms with Crippen LogP contribution in [0.3, 0.4) is 0 Å². The van der Waals surface area contributed by atoms with E-state index in [1.165, 1.54) is 25.7 Å². The first-order valence-corrected chi connectivity index (χ1v) is 9.42. The van der Waals surface area contributed by atoms with Crippen LogP contribution in [0.5, 0.6) is 0 Å². The lowest BCUT2D eigenvalue weighted by Gasteiger charge is -2.66. The Bertz CT molecular complexity index is 510. The Morgan fingerprint density at radius 3 is 2.29 bits per heavy atom. The molecule has 0 aromatic heterocycles. The summed E-state index contributed by atoms with van der Waals surface area (Å²) in [7, 11) is 0. The van der Waals surface area contributed by atoms with E-state index in [-0.39, 0.29) is 11.5 Å². The molecule has 21 heavy (non-hydrogen) atoms. The monoisotopic (exact) mass is 288 g/mol. The van der Waals surface area contributed by atoms with Crippen LogP contribution in [-0.4, -0.2) is 11.2 Å². The third-order valence-electron chi connectivity index (χ3n) is 9.90. The molecule has 0 radical (unpaired) electrons. The zero-order valence-corrected chi connectivity index (χ0v) is 14.3. The highest BCUT2D eigenvalue weighted by atomic mass is 16.3. The molecular formula is C20H32O. The van der Waals surface area contributed by atoms with E-state index < -0.39 is 0 Å². The van der Waals surface area contributed by atoms with Crippen molar-refractivity contribution in [1.82, 2.24) is 0 Å². The van der Waals surface area contributed by atoms with Crippen LogP contribution >= 0.6 is 0 Å². The summed E-state index contributed by atoms with van der Waals surface area (Å²) in [5.41, 5.74) is 2.10. The minimum atomic E-state index is -0.0754. The summed E-state index contributed by atoms with van der Waals surface area (Å²) in [5, 5.41) is 10.6. The lowest BCUT2D eigenvalue weighted by atomic mass is 9.39. The second kappa shape index (κ2) is 3.40. The molecule has 1 nitrogen and oxygen atoms in total. The highest BCUT2D eigenvalue weighted by molar-refractivity contribution is 5.27. The Morgan fingerprint density at radius 1 is 0.857 bits per heavy atom. The summed E-state index contributed by atoms with van der Waals surface area (Å²) < 4.78 is 0. The topological polar surface area (TPSA) is 20.2 Å². The average molecular weight is 288 g/mol. The highest BCUT2D eigenvalue weighted by Crippen LogP contribution is 2.85. The van der Waals surface area contributed by atoms with Crippen molar-refractivity contribution in [3.8, 4) is 0 Å². The van der Waals surface area contributed by atoms with Crippen LogP contribution in [0.25, 0.3) is 0 Å². The zero-order chi connectivity index (χ0) is 14.8. The maximum absolute atomic E-state index is 10.6. The maximum Gasteiger partial charge on any atom is 0.0594 e. The second-order valence-electron chi connectivity index (χ2n) is 10.7. The Hall–Kier alpha value is -0.0400. The summed E-state index contributed by atoms with van der Waals surface area (Å²) in [6, 6.07) is 0. The molecule has 118 valence electrons. The molecule has 4 unspecified atom stereocenters. The Morgan fingerprint density at radius 2 is 1.62 bits per heavy atom. The summed E-state index contributed by atoms with van der Waals surface area (Å²) in [6.07, 6.45) is 9.72. The minimum absolute atomic E-state index is 0.0754. The van der Waals surface area contributed by atoms with Gasteiger partial charge >= 0.3 is 0 Å². The molecule has 1 heteroatoms. The number of hydrogen-bond donors (Lipinski definition) is 1. The first-order chi connectivity index (χ1) is 9.74. The van der Waals surface area contributed by atoms with E-state index in [0.717, 1.165) is 35.5 Å². The van der Waals surface area contributed by atoms with E-state index >= 15 is 0 Å². The van der Waals surface area contributed by atoms with Crippen molar-refractivity contribution in [2.24, 2.45) is 45.3 Å². The van der Waals surface area contributed by atoms with Crippen LogP contribution in [0.2, 0.25) is 0 Å². The quantitative estimate of drug-likeness (QED) is 0.688. The molecule has 0 amide bonds. The summed E-state index contributed by atoms with van der Waals surface area (Å²) in [6.45, 7) is 9.92. The molecule has 1 N–H and O–H groups in total. The molecular weight excluding hydrogens is 256 g/mol. The van der Waals surface area contributed by atoms with E-state index in [0.29, 0.717) is 10.8 Å². The molecule has 6 saturated carbocycles. The van der Waals surface area contributed by atoms with Gasteiger partial charge in [-0.15, -0.1) is 0 Å². The van der Waals surface area contributed by atoms with Crippen LogP contribution in [-0.2, 0) is 0 Å². The van der Waals surface area contributed by atoms with E-state index in [9.17, 15) is 5.11 Å². The van der Waals surface area contributed by atoms with Crippen LogP contribution < -0.4 is 0 Å². The molecule has 6 rings (SSSR count). The highest BCUT2D eigenvalue weighted by Gasteiger charge is 2.78. The lowest BCUT2D eigenvalue weighted by Crippen LogP contribution is -2.60.